The van der Waals surface area contributed by atoms with E-state index >= 15 is 0 Å². The number of hydrogen-bond donors (Lipinski definition) is 2. The van der Waals surface area contributed by atoms with Gasteiger partial charge in [-0.1, -0.05) is 19.8 Å². The van der Waals surface area contributed by atoms with Gasteiger partial charge in [0.1, 0.15) is 6.04 Å². The molecule has 3 N–H and O–H groups in total. The Hall–Kier alpha value is -1.10. The monoisotopic (exact) mass is 244 g/mol. The van der Waals surface area contributed by atoms with E-state index < -0.39 is 6.04 Å². The number of methoxy groups -OCH3 is 1. The fourth-order valence-corrected chi connectivity index (χ4v) is 1.52. The maximum Gasteiger partial charge on any atom is 0.328 e. The highest BCUT2D eigenvalue weighted by Gasteiger charge is 2.18. The Bertz CT molecular complexity index is 232. The molecule has 0 aliphatic heterocycles. The third-order valence-corrected chi connectivity index (χ3v) is 2.59. The molecule has 0 radical (unpaired) electrons. The van der Waals surface area contributed by atoms with Gasteiger partial charge in [-0.25, -0.2) is 4.79 Å². The Labute approximate surface area is 103 Å². The first-order valence-electron chi connectivity index (χ1n) is 6.23. The van der Waals surface area contributed by atoms with Crippen molar-refractivity contribution in [3.63, 3.8) is 0 Å². The van der Waals surface area contributed by atoms with E-state index in [4.69, 9.17) is 5.73 Å². The van der Waals surface area contributed by atoms with Crippen molar-refractivity contribution < 1.29 is 14.3 Å². The van der Waals surface area contributed by atoms with Crippen molar-refractivity contribution in [2.24, 2.45) is 5.73 Å². The number of hydrogen-bond acceptors (Lipinski definition) is 4. The van der Waals surface area contributed by atoms with Crippen LogP contribution in [0, 0.1) is 0 Å². The smallest absolute Gasteiger partial charge is 0.328 e. The molecule has 0 aromatic carbocycles. The maximum absolute atomic E-state index is 11.5. The molecule has 0 aromatic rings. The van der Waals surface area contributed by atoms with Crippen molar-refractivity contribution in [3.05, 3.63) is 0 Å². The molecule has 0 heterocycles. The lowest BCUT2D eigenvalue weighted by Crippen LogP contribution is -2.40. The lowest BCUT2D eigenvalue weighted by atomic mass is 10.1. The number of nitrogens with one attached hydrogen (secondary N) is 1. The Morgan fingerprint density at radius 1 is 1.24 bits per heavy atom. The summed E-state index contributed by atoms with van der Waals surface area (Å²) in [5.41, 5.74) is 5.37. The summed E-state index contributed by atoms with van der Waals surface area (Å²) in [5.74, 6) is -0.473. The van der Waals surface area contributed by atoms with Gasteiger partial charge in [-0.3, -0.25) is 4.79 Å². The highest BCUT2D eigenvalue weighted by Crippen LogP contribution is 2.03. The van der Waals surface area contributed by atoms with E-state index in [1.54, 1.807) is 0 Å². The Morgan fingerprint density at radius 2 is 1.88 bits per heavy atom. The molecule has 0 bridgehead atoms. The Kier molecular flexibility index (Phi) is 9.43. The van der Waals surface area contributed by atoms with Crippen molar-refractivity contribution in [2.75, 3.05) is 13.7 Å². The number of carbonyl (C=O) groups excluding carboxylic acids is 2. The van der Waals surface area contributed by atoms with Gasteiger partial charge in [0.05, 0.1) is 7.11 Å². The van der Waals surface area contributed by atoms with E-state index in [2.05, 4.69) is 10.1 Å². The molecular formula is C12H24N2O3. The number of carbonyl (C=O) groups is 2. The van der Waals surface area contributed by atoms with Crippen molar-refractivity contribution >= 4 is 11.9 Å². The number of rotatable bonds is 9. The van der Waals surface area contributed by atoms with E-state index in [1.807, 2.05) is 6.92 Å². The number of ether oxygens (including phenoxy) is 1. The summed E-state index contributed by atoms with van der Waals surface area (Å²) >= 11 is 0. The molecule has 0 aliphatic carbocycles. The minimum Gasteiger partial charge on any atom is -0.467 e. The topological polar surface area (TPSA) is 81.4 Å². The summed E-state index contributed by atoms with van der Waals surface area (Å²) in [6.45, 7) is 2.54. The zero-order chi connectivity index (χ0) is 13.1. The highest BCUT2D eigenvalue weighted by molar-refractivity contribution is 5.84. The van der Waals surface area contributed by atoms with Crippen molar-refractivity contribution in [2.45, 2.75) is 51.5 Å². The molecule has 0 aromatic heterocycles. The van der Waals surface area contributed by atoms with Crippen LogP contribution in [0.2, 0.25) is 0 Å². The zero-order valence-corrected chi connectivity index (χ0v) is 10.8. The molecule has 0 rings (SSSR count). The minimum atomic E-state index is -0.517. The van der Waals surface area contributed by atoms with Crippen LogP contribution in [0.15, 0.2) is 0 Å². The summed E-state index contributed by atoms with van der Waals surface area (Å²) in [4.78, 5) is 22.8. The maximum atomic E-state index is 11.5. The van der Waals surface area contributed by atoms with E-state index in [9.17, 15) is 9.59 Å². The summed E-state index contributed by atoms with van der Waals surface area (Å²) < 4.78 is 4.59. The van der Waals surface area contributed by atoms with Crippen molar-refractivity contribution in [1.29, 1.82) is 0 Å². The molecule has 1 unspecified atom stereocenters. The molecule has 0 fully saturated rings. The SMILES string of the molecule is CCC(NC(=O)CCCCCCN)C(=O)OC. The third kappa shape index (κ3) is 7.74. The Balaban J connectivity index is 3.72. The largest absolute Gasteiger partial charge is 0.467 e. The van der Waals surface area contributed by atoms with E-state index in [0.29, 0.717) is 19.4 Å². The molecule has 17 heavy (non-hydrogen) atoms. The van der Waals surface area contributed by atoms with Crippen LogP contribution in [0.4, 0.5) is 0 Å². The van der Waals surface area contributed by atoms with Crippen molar-refractivity contribution in [3.8, 4) is 0 Å². The molecule has 1 amide bonds. The van der Waals surface area contributed by atoms with Gasteiger partial charge in [-0.15, -0.1) is 0 Å². The lowest BCUT2D eigenvalue weighted by Gasteiger charge is -2.14. The molecule has 5 heteroatoms. The van der Waals surface area contributed by atoms with Gasteiger partial charge >= 0.3 is 5.97 Å². The van der Waals surface area contributed by atoms with Crippen LogP contribution in [-0.2, 0) is 14.3 Å². The predicted molar refractivity (Wildman–Crippen MR) is 66.4 cm³/mol. The predicted octanol–water partition coefficient (Wildman–Crippen LogP) is 0.963. The molecule has 5 nitrogen and oxygen atoms in total. The summed E-state index contributed by atoms with van der Waals surface area (Å²) in [6.07, 6.45) is 4.89. The van der Waals surface area contributed by atoms with Gasteiger partial charge < -0.3 is 15.8 Å². The van der Waals surface area contributed by atoms with Crippen LogP contribution >= 0.6 is 0 Å². The standard InChI is InChI=1S/C12H24N2O3/c1-3-10(12(16)17-2)14-11(15)8-6-4-5-7-9-13/h10H,3-9,13H2,1-2H3,(H,14,15). The number of esters is 1. The van der Waals surface area contributed by atoms with Gasteiger partial charge in [0.2, 0.25) is 5.91 Å². The normalized spacial score (nSPS) is 11.9. The second kappa shape index (κ2) is 10.1. The summed E-state index contributed by atoms with van der Waals surface area (Å²) in [5, 5.41) is 2.67. The fourth-order valence-electron chi connectivity index (χ4n) is 1.52. The number of amides is 1. The molecule has 1 atom stereocenters. The van der Waals surface area contributed by atoms with Gasteiger partial charge in [-0.2, -0.15) is 0 Å². The quantitative estimate of drug-likeness (QED) is 0.467. The third-order valence-electron chi connectivity index (χ3n) is 2.59. The van der Waals surface area contributed by atoms with E-state index in [1.165, 1.54) is 7.11 Å². The average molecular weight is 244 g/mol. The summed E-state index contributed by atoms with van der Waals surface area (Å²) in [7, 11) is 1.32. The van der Waals surface area contributed by atoms with Gasteiger partial charge in [-0.05, 0) is 25.8 Å². The van der Waals surface area contributed by atoms with Gasteiger partial charge in [0.25, 0.3) is 0 Å². The number of nitrogens with two attached hydrogens (primary N) is 1. The summed E-state index contributed by atoms with van der Waals surface area (Å²) in [6, 6.07) is -0.517. The number of unbranched alkanes of at least 4 members (excludes halogenated alkanes) is 3. The van der Waals surface area contributed by atoms with Crippen LogP contribution in [0.1, 0.15) is 45.4 Å². The first-order chi connectivity index (χ1) is 8.15. The molecule has 0 aliphatic rings. The van der Waals surface area contributed by atoms with Crippen LogP contribution < -0.4 is 11.1 Å². The second-order valence-corrected chi connectivity index (χ2v) is 4.00. The second-order valence-electron chi connectivity index (χ2n) is 4.00. The van der Waals surface area contributed by atoms with Crippen LogP contribution in [0.25, 0.3) is 0 Å². The van der Waals surface area contributed by atoms with E-state index in [0.717, 1.165) is 25.7 Å². The van der Waals surface area contributed by atoms with Crippen LogP contribution in [0.5, 0.6) is 0 Å². The van der Waals surface area contributed by atoms with E-state index in [-0.39, 0.29) is 11.9 Å². The Morgan fingerprint density at radius 3 is 2.41 bits per heavy atom. The first kappa shape index (κ1) is 15.9. The lowest BCUT2D eigenvalue weighted by molar-refractivity contribution is -0.145. The zero-order valence-electron chi connectivity index (χ0n) is 10.8. The molecule has 0 spiro atoms. The molecular weight excluding hydrogens is 220 g/mol. The molecule has 100 valence electrons. The fraction of sp³-hybridized carbons (Fsp3) is 0.833. The highest BCUT2D eigenvalue weighted by atomic mass is 16.5. The van der Waals surface area contributed by atoms with Gasteiger partial charge in [0, 0.05) is 6.42 Å². The van der Waals surface area contributed by atoms with Gasteiger partial charge in [0.15, 0.2) is 0 Å². The van der Waals surface area contributed by atoms with Crippen molar-refractivity contribution in [1.82, 2.24) is 5.32 Å². The van der Waals surface area contributed by atoms with Crippen LogP contribution in [-0.4, -0.2) is 31.6 Å². The first-order valence-corrected chi connectivity index (χ1v) is 6.23. The van der Waals surface area contributed by atoms with Crippen LogP contribution in [0.3, 0.4) is 0 Å². The molecule has 0 saturated carbocycles. The molecule has 0 saturated heterocycles. The minimum absolute atomic E-state index is 0.0880. The average Bonchev–Trinajstić information content (AvgIpc) is 2.34.